The fraction of sp³-hybridized carbons (Fsp3) is 0.276. The number of nitrogens with two attached hydrogens (primary N) is 1. The van der Waals surface area contributed by atoms with E-state index >= 15 is 4.39 Å². The van der Waals surface area contributed by atoms with E-state index in [-0.39, 0.29) is 52.4 Å². The Labute approximate surface area is 232 Å². The first-order valence-corrected chi connectivity index (χ1v) is 13.1. The standard InChI is InChI=1S/C29H24F3N7O2/c30-17-10-18(31)12-21(11-17)41-20-5-6-22(24(32)13-20)26-25-27(34)35-15-36-28(25)39(37-26)14-19-4-2-8-38(19)29(40)23-9-16(23)3-1-7-33/h1,3,5-6,10-13,15-16,19,23H,2,4,8-9,14H2,(H2,34,35,36). The van der Waals surface area contributed by atoms with Gasteiger partial charge in [-0.2, -0.15) is 10.4 Å². The molecule has 6 rings (SSSR count). The number of halogens is 3. The van der Waals surface area contributed by atoms with Crippen molar-refractivity contribution in [2.75, 3.05) is 12.3 Å². The molecule has 3 atom stereocenters. The lowest BCUT2D eigenvalue weighted by Gasteiger charge is -2.25. The minimum absolute atomic E-state index is 0.0346. The number of aromatic nitrogens is 4. The Bertz CT molecular complexity index is 1710. The van der Waals surface area contributed by atoms with Gasteiger partial charge in [0.15, 0.2) is 5.65 Å². The quantitative estimate of drug-likeness (QED) is 0.317. The normalized spacial score (nSPS) is 20.0. The Hall–Kier alpha value is -4.92. The van der Waals surface area contributed by atoms with Crippen molar-refractivity contribution in [3.8, 4) is 28.8 Å². The van der Waals surface area contributed by atoms with Crippen LogP contribution in [0.15, 0.2) is 54.9 Å². The Morgan fingerprint density at radius 2 is 1.95 bits per heavy atom. The average molecular weight is 560 g/mol. The summed E-state index contributed by atoms with van der Waals surface area (Å²) >= 11 is 0. The van der Waals surface area contributed by atoms with Gasteiger partial charge < -0.3 is 15.4 Å². The third kappa shape index (κ3) is 5.18. The van der Waals surface area contributed by atoms with Crippen molar-refractivity contribution >= 4 is 22.8 Å². The largest absolute Gasteiger partial charge is 0.457 e. The molecule has 1 amide bonds. The number of nitriles is 1. The van der Waals surface area contributed by atoms with Gasteiger partial charge in [0.25, 0.3) is 0 Å². The molecular formula is C29H24F3N7O2. The van der Waals surface area contributed by atoms with Gasteiger partial charge in [0.1, 0.15) is 46.8 Å². The van der Waals surface area contributed by atoms with Crippen LogP contribution in [0.2, 0.25) is 0 Å². The molecule has 2 aliphatic rings. The number of benzene rings is 2. The Morgan fingerprint density at radius 3 is 2.71 bits per heavy atom. The van der Waals surface area contributed by atoms with E-state index in [4.69, 9.17) is 15.7 Å². The van der Waals surface area contributed by atoms with Gasteiger partial charge in [-0.1, -0.05) is 6.08 Å². The minimum Gasteiger partial charge on any atom is -0.457 e. The molecule has 1 aliphatic heterocycles. The molecule has 4 aromatic rings. The number of hydrogen-bond acceptors (Lipinski definition) is 7. The second-order valence-corrected chi connectivity index (χ2v) is 10.2. The van der Waals surface area contributed by atoms with Gasteiger partial charge in [0.2, 0.25) is 5.91 Å². The zero-order valence-electron chi connectivity index (χ0n) is 21.7. The summed E-state index contributed by atoms with van der Waals surface area (Å²) in [7, 11) is 0. The van der Waals surface area contributed by atoms with Gasteiger partial charge in [-0.05, 0) is 37.3 Å². The van der Waals surface area contributed by atoms with Crippen LogP contribution in [0.3, 0.4) is 0 Å². The van der Waals surface area contributed by atoms with Gasteiger partial charge in [0, 0.05) is 48.4 Å². The van der Waals surface area contributed by atoms with Crippen molar-refractivity contribution in [2.45, 2.75) is 31.8 Å². The first-order chi connectivity index (χ1) is 19.8. The molecule has 1 saturated heterocycles. The number of hydrogen-bond donors (Lipinski definition) is 1. The maximum absolute atomic E-state index is 15.4. The topological polar surface area (TPSA) is 123 Å². The molecular weight excluding hydrogens is 535 g/mol. The zero-order valence-corrected chi connectivity index (χ0v) is 21.7. The number of carbonyl (C=O) groups is 1. The number of rotatable bonds is 7. The van der Waals surface area contributed by atoms with E-state index in [0.717, 1.165) is 37.5 Å². The van der Waals surface area contributed by atoms with Gasteiger partial charge in [-0.25, -0.2) is 27.8 Å². The summed E-state index contributed by atoms with van der Waals surface area (Å²) < 4.78 is 49.6. The molecule has 1 aliphatic carbocycles. The highest BCUT2D eigenvalue weighted by Gasteiger charge is 2.45. The van der Waals surface area contributed by atoms with E-state index in [0.29, 0.717) is 30.2 Å². The van der Waals surface area contributed by atoms with Crippen LogP contribution in [0.4, 0.5) is 19.0 Å². The van der Waals surface area contributed by atoms with Crippen LogP contribution >= 0.6 is 0 Å². The number of nitrogens with zero attached hydrogens (tertiary/aromatic N) is 6. The first kappa shape index (κ1) is 26.3. The second-order valence-electron chi connectivity index (χ2n) is 10.2. The van der Waals surface area contributed by atoms with Crippen LogP contribution in [0.25, 0.3) is 22.3 Å². The SMILES string of the molecule is N#CC=CC1CC1C(=O)N1CCCC1Cn1nc(-c2ccc(Oc3cc(F)cc(F)c3)cc2F)c2c(N)ncnc21. The molecule has 1 saturated carbocycles. The summed E-state index contributed by atoms with van der Waals surface area (Å²) in [6.45, 7) is 0.960. The summed E-state index contributed by atoms with van der Waals surface area (Å²) in [5, 5.41) is 13.8. The van der Waals surface area contributed by atoms with Crippen molar-refractivity contribution in [1.82, 2.24) is 24.6 Å². The number of nitrogen functional groups attached to an aromatic ring is 1. The van der Waals surface area contributed by atoms with Gasteiger partial charge in [0.05, 0.1) is 24.0 Å². The molecule has 12 heteroatoms. The maximum atomic E-state index is 15.4. The van der Waals surface area contributed by atoms with Gasteiger partial charge >= 0.3 is 0 Å². The van der Waals surface area contributed by atoms with Crippen molar-refractivity contribution in [2.24, 2.45) is 11.8 Å². The van der Waals surface area contributed by atoms with E-state index in [2.05, 4.69) is 15.1 Å². The number of likely N-dealkylation sites (tertiary alicyclic amines) is 1. The van der Waals surface area contributed by atoms with Crippen molar-refractivity contribution < 1.29 is 22.7 Å². The van der Waals surface area contributed by atoms with Crippen molar-refractivity contribution in [3.63, 3.8) is 0 Å². The highest BCUT2D eigenvalue weighted by molar-refractivity contribution is 5.98. The lowest BCUT2D eigenvalue weighted by molar-refractivity contribution is -0.133. The molecule has 2 aromatic heterocycles. The highest BCUT2D eigenvalue weighted by atomic mass is 19.1. The monoisotopic (exact) mass is 559 g/mol. The molecule has 3 unspecified atom stereocenters. The Morgan fingerprint density at radius 1 is 1.15 bits per heavy atom. The fourth-order valence-corrected chi connectivity index (χ4v) is 5.43. The summed E-state index contributed by atoms with van der Waals surface area (Å²) in [4.78, 5) is 23.5. The second kappa shape index (κ2) is 10.6. The van der Waals surface area contributed by atoms with Crippen molar-refractivity contribution in [3.05, 3.63) is 72.3 Å². The third-order valence-electron chi connectivity index (χ3n) is 7.44. The van der Waals surface area contributed by atoms with Crippen molar-refractivity contribution in [1.29, 1.82) is 5.26 Å². The summed E-state index contributed by atoms with van der Waals surface area (Å²) in [6, 6.07) is 8.51. The van der Waals surface area contributed by atoms with Crippen LogP contribution in [0, 0.1) is 40.6 Å². The lowest BCUT2D eigenvalue weighted by atomic mass is 10.1. The average Bonchev–Trinajstić information content (AvgIpc) is 3.40. The van der Waals surface area contributed by atoms with E-state index < -0.39 is 17.5 Å². The van der Waals surface area contributed by atoms with Crippen LogP contribution in [0.1, 0.15) is 19.3 Å². The van der Waals surface area contributed by atoms with E-state index in [1.165, 1.54) is 24.5 Å². The molecule has 0 bridgehead atoms. The van der Waals surface area contributed by atoms with Gasteiger partial charge in [-0.15, -0.1) is 0 Å². The Kier molecular flexibility index (Phi) is 6.78. The molecule has 2 N–H and O–H groups in total. The number of allylic oxidation sites excluding steroid dienone is 2. The van der Waals surface area contributed by atoms with Crippen LogP contribution < -0.4 is 10.5 Å². The van der Waals surface area contributed by atoms with Crippen LogP contribution in [-0.2, 0) is 11.3 Å². The number of anilines is 1. The van der Waals surface area contributed by atoms with Crippen LogP contribution in [0.5, 0.6) is 11.5 Å². The zero-order chi connectivity index (χ0) is 28.7. The smallest absolute Gasteiger partial charge is 0.226 e. The molecule has 2 fully saturated rings. The molecule has 2 aromatic carbocycles. The number of ether oxygens (including phenoxy) is 1. The van der Waals surface area contributed by atoms with E-state index in [1.54, 1.807) is 10.8 Å². The molecule has 0 radical (unpaired) electrons. The Balaban J connectivity index is 1.28. The minimum atomic E-state index is -0.820. The highest BCUT2D eigenvalue weighted by Crippen LogP contribution is 2.42. The number of fused-ring (bicyclic) bond motifs is 1. The number of amides is 1. The lowest BCUT2D eigenvalue weighted by Crippen LogP contribution is -2.39. The van der Waals surface area contributed by atoms with E-state index in [9.17, 15) is 13.6 Å². The molecule has 208 valence electrons. The van der Waals surface area contributed by atoms with E-state index in [1.807, 2.05) is 11.0 Å². The summed E-state index contributed by atoms with van der Waals surface area (Å²) in [5.41, 5.74) is 6.92. The molecule has 0 spiro atoms. The summed E-state index contributed by atoms with van der Waals surface area (Å²) in [5.74, 6) is -2.27. The third-order valence-corrected chi connectivity index (χ3v) is 7.44. The predicted molar refractivity (Wildman–Crippen MR) is 143 cm³/mol. The summed E-state index contributed by atoms with van der Waals surface area (Å²) in [6.07, 6.45) is 6.85. The molecule has 9 nitrogen and oxygen atoms in total. The van der Waals surface area contributed by atoms with Gasteiger partial charge in [-0.3, -0.25) is 4.79 Å². The predicted octanol–water partition coefficient (Wildman–Crippen LogP) is 4.99. The maximum Gasteiger partial charge on any atom is 0.226 e. The fourth-order valence-electron chi connectivity index (χ4n) is 5.43. The first-order valence-electron chi connectivity index (χ1n) is 13.1. The van der Waals surface area contributed by atoms with Crippen LogP contribution in [-0.4, -0.2) is 43.1 Å². The number of carbonyl (C=O) groups excluding carboxylic acids is 1. The molecule has 41 heavy (non-hydrogen) atoms. The molecule has 3 heterocycles.